The van der Waals surface area contributed by atoms with Crippen LogP contribution in [-0.2, 0) is 4.74 Å². The lowest BCUT2D eigenvalue weighted by Gasteiger charge is -2.09. The fraction of sp³-hybridized carbons (Fsp3) is 0.400. The third kappa shape index (κ3) is 1.71. The maximum atomic E-state index is 9.63. The van der Waals surface area contributed by atoms with Crippen LogP contribution in [0.1, 0.15) is 11.7 Å². The van der Waals surface area contributed by atoms with Gasteiger partial charge in [0, 0.05) is 0 Å². The first-order valence-corrected chi connectivity index (χ1v) is 4.45. The van der Waals surface area contributed by atoms with Crippen molar-refractivity contribution in [2.75, 3.05) is 14.2 Å². The summed E-state index contributed by atoms with van der Waals surface area (Å²) in [6, 6.07) is 3.22. The predicted octanol–water partition coefficient (Wildman–Crippen LogP) is 0.799. The molecule has 2 atom stereocenters. The van der Waals surface area contributed by atoms with Gasteiger partial charge in [0.25, 0.3) is 0 Å². The number of aliphatic hydroxyl groups excluding tert-OH is 1. The molecule has 0 aromatic heterocycles. The quantitative estimate of drug-likeness (QED) is 0.725. The van der Waals surface area contributed by atoms with Crippen LogP contribution in [0.4, 0.5) is 0 Å². The van der Waals surface area contributed by atoms with Gasteiger partial charge in [-0.05, 0) is 17.7 Å². The van der Waals surface area contributed by atoms with Crippen LogP contribution in [-0.4, -0.2) is 30.7 Å². The molecule has 0 aliphatic carbocycles. The molecule has 0 amide bonds. The Kier molecular flexibility index (Phi) is 2.42. The Morgan fingerprint density at radius 3 is 2.00 bits per heavy atom. The monoisotopic (exact) mass is 212 g/mol. The van der Waals surface area contributed by atoms with E-state index in [0.29, 0.717) is 17.1 Å². The molecule has 1 aromatic rings. The number of epoxide rings is 1. The second-order valence-electron chi connectivity index (χ2n) is 3.22. The number of phenolic OH excluding ortho intramolecular Hbond substituents is 1. The zero-order valence-electron chi connectivity index (χ0n) is 8.43. The number of ether oxygens (including phenoxy) is 3. The van der Waals surface area contributed by atoms with Crippen molar-refractivity contribution in [2.45, 2.75) is 12.4 Å². The molecule has 0 radical (unpaired) electrons. The molecule has 0 saturated carbocycles. The van der Waals surface area contributed by atoms with E-state index in [9.17, 15) is 5.11 Å². The Bertz CT molecular complexity index is 351. The minimum absolute atomic E-state index is 0.0566. The first-order valence-electron chi connectivity index (χ1n) is 4.45. The fourth-order valence-electron chi connectivity index (χ4n) is 1.43. The highest BCUT2D eigenvalue weighted by molar-refractivity contribution is 5.53. The number of benzene rings is 1. The fourth-order valence-corrected chi connectivity index (χ4v) is 1.43. The molecule has 5 nitrogen and oxygen atoms in total. The van der Waals surface area contributed by atoms with Crippen LogP contribution in [0, 0.1) is 0 Å². The van der Waals surface area contributed by atoms with Gasteiger partial charge in [-0.1, -0.05) is 0 Å². The summed E-state index contributed by atoms with van der Waals surface area (Å²) in [5, 5.41) is 18.7. The zero-order valence-corrected chi connectivity index (χ0v) is 8.43. The highest BCUT2D eigenvalue weighted by Gasteiger charge is 2.39. The summed E-state index contributed by atoms with van der Waals surface area (Å²) in [5.74, 6) is 0.540. The number of hydrogen-bond acceptors (Lipinski definition) is 5. The Hall–Kier alpha value is -1.46. The van der Waals surface area contributed by atoms with Gasteiger partial charge in [-0.2, -0.15) is 0 Å². The van der Waals surface area contributed by atoms with E-state index < -0.39 is 6.29 Å². The van der Waals surface area contributed by atoms with Crippen molar-refractivity contribution < 1.29 is 24.4 Å². The predicted molar refractivity (Wildman–Crippen MR) is 51.0 cm³/mol. The van der Waals surface area contributed by atoms with E-state index in [2.05, 4.69) is 0 Å². The lowest BCUT2D eigenvalue weighted by atomic mass is 10.1. The molecule has 1 aromatic carbocycles. The first-order chi connectivity index (χ1) is 7.17. The van der Waals surface area contributed by atoms with Crippen LogP contribution >= 0.6 is 0 Å². The van der Waals surface area contributed by atoms with Gasteiger partial charge in [-0.15, -0.1) is 0 Å². The topological polar surface area (TPSA) is 71.5 Å². The van der Waals surface area contributed by atoms with Crippen LogP contribution in [0.15, 0.2) is 12.1 Å². The summed E-state index contributed by atoms with van der Waals surface area (Å²) < 4.78 is 14.9. The van der Waals surface area contributed by atoms with Gasteiger partial charge in [0.05, 0.1) is 14.2 Å². The van der Waals surface area contributed by atoms with Gasteiger partial charge in [0.1, 0.15) is 6.10 Å². The van der Waals surface area contributed by atoms with E-state index in [1.54, 1.807) is 12.1 Å². The van der Waals surface area contributed by atoms with Gasteiger partial charge >= 0.3 is 0 Å². The Balaban J connectivity index is 2.40. The van der Waals surface area contributed by atoms with E-state index in [0.717, 1.165) is 0 Å². The van der Waals surface area contributed by atoms with Crippen molar-refractivity contribution in [3.8, 4) is 17.2 Å². The molecule has 1 saturated heterocycles. The van der Waals surface area contributed by atoms with E-state index >= 15 is 0 Å². The van der Waals surface area contributed by atoms with E-state index in [1.807, 2.05) is 0 Å². The third-order valence-corrected chi connectivity index (χ3v) is 2.30. The lowest BCUT2D eigenvalue weighted by Crippen LogP contribution is -1.93. The lowest BCUT2D eigenvalue weighted by molar-refractivity contribution is 0.156. The first kappa shape index (κ1) is 10.1. The largest absolute Gasteiger partial charge is 0.502 e. The summed E-state index contributed by atoms with van der Waals surface area (Å²) in [7, 11) is 2.89. The average molecular weight is 212 g/mol. The van der Waals surface area contributed by atoms with Gasteiger partial charge in [-0.25, -0.2) is 0 Å². The van der Waals surface area contributed by atoms with Crippen LogP contribution in [0.5, 0.6) is 17.2 Å². The summed E-state index contributed by atoms with van der Waals surface area (Å²) in [4.78, 5) is 0. The normalized spacial score (nSPS) is 23.7. The number of phenols is 1. The Morgan fingerprint density at radius 2 is 1.67 bits per heavy atom. The van der Waals surface area contributed by atoms with Gasteiger partial charge in [0.15, 0.2) is 17.8 Å². The van der Waals surface area contributed by atoms with Gasteiger partial charge in [0.2, 0.25) is 5.75 Å². The number of rotatable bonds is 3. The van der Waals surface area contributed by atoms with Crippen LogP contribution in [0.2, 0.25) is 0 Å². The Labute approximate surface area is 86.8 Å². The molecule has 2 rings (SSSR count). The molecule has 1 aliphatic heterocycles. The van der Waals surface area contributed by atoms with E-state index in [-0.39, 0.29) is 11.9 Å². The highest BCUT2D eigenvalue weighted by Crippen LogP contribution is 2.44. The Morgan fingerprint density at radius 1 is 1.20 bits per heavy atom. The molecule has 82 valence electrons. The number of aromatic hydroxyl groups is 1. The van der Waals surface area contributed by atoms with Crippen LogP contribution in [0.3, 0.4) is 0 Å². The number of methoxy groups -OCH3 is 2. The second kappa shape index (κ2) is 3.60. The third-order valence-electron chi connectivity index (χ3n) is 2.30. The number of aliphatic hydroxyl groups is 1. The summed E-state index contributed by atoms with van der Waals surface area (Å²) in [6.45, 7) is 0. The second-order valence-corrected chi connectivity index (χ2v) is 3.22. The highest BCUT2D eigenvalue weighted by atomic mass is 16.7. The molecule has 5 heteroatoms. The molecular weight excluding hydrogens is 200 g/mol. The maximum Gasteiger partial charge on any atom is 0.200 e. The average Bonchev–Trinajstić information content (AvgIpc) is 2.96. The zero-order chi connectivity index (χ0) is 11.0. The minimum atomic E-state index is -0.774. The van der Waals surface area contributed by atoms with E-state index in [4.69, 9.17) is 19.3 Å². The molecule has 0 bridgehead atoms. The van der Waals surface area contributed by atoms with Crippen molar-refractivity contribution in [2.24, 2.45) is 0 Å². The van der Waals surface area contributed by atoms with Crippen molar-refractivity contribution in [3.63, 3.8) is 0 Å². The maximum absolute atomic E-state index is 9.63. The minimum Gasteiger partial charge on any atom is -0.502 e. The summed E-state index contributed by atoms with van der Waals surface area (Å²) >= 11 is 0. The smallest absolute Gasteiger partial charge is 0.200 e. The standard InChI is InChI=1S/C10H12O5/c1-13-6-3-5(9-10(12)15-9)4-7(14-2)8(6)11/h3-4,9-12H,1-2H3. The molecule has 2 unspecified atom stereocenters. The molecule has 15 heavy (non-hydrogen) atoms. The summed E-state index contributed by atoms with van der Waals surface area (Å²) in [6.07, 6.45) is -1.13. The van der Waals surface area contributed by atoms with Crippen LogP contribution in [0.25, 0.3) is 0 Å². The van der Waals surface area contributed by atoms with Crippen molar-refractivity contribution in [3.05, 3.63) is 17.7 Å². The SMILES string of the molecule is COc1cc(C2OC2O)cc(OC)c1O. The van der Waals surface area contributed by atoms with Gasteiger partial charge in [-0.3, -0.25) is 0 Å². The molecular formula is C10H12O5. The molecule has 1 heterocycles. The van der Waals surface area contributed by atoms with Crippen molar-refractivity contribution >= 4 is 0 Å². The van der Waals surface area contributed by atoms with Crippen molar-refractivity contribution in [1.29, 1.82) is 0 Å². The number of hydrogen-bond donors (Lipinski definition) is 2. The molecule has 2 N–H and O–H groups in total. The van der Waals surface area contributed by atoms with Gasteiger partial charge < -0.3 is 24.4 Å². The van der Waals surface area contributed by atoms with Crippen molar-refractivity contribution in [1.82, 2.24) is 0 Å². The van der Waals surface area contributed by atoms with Crippen LogP contribution < -0.4 is 9.47 Å². The van der Waals surface area contributed by atoms with E-state index in [1.165, 1.54) is 14.2 Å². The molecule has 0 spiro atoms. The molecule has 1 fully saturated rings. The summed E-state index contributed by atoms with van der Waals surface area (Å²) in [5.41, 5.74) is 0.717. The molecule has 1 aliphatic rings.